The highest BCUT2D eigenvalue weighted by molar-refractivity contribution is 5.82. The number of alkyl halides is 3. The third kappa shape index (κ3) is 4.45. The number of nitrogens with zero attached hydrogens (tertiary/aromatic N) is 2. The summed E-state index contributed by atoms with van der Waals surface area (Å²) in [6.07, 6.45) is -2.39. The van der Waals surface area contributed by atoms with E-state index < -0.39 is 11.7 Å². The van der Waals surface area contributed by atoms with Crippen molar-refractivity contribution >= 4 is 17.0 Å². The smallest absolute Gasteiger partial charge is 0.417 e. The van der Waals surface area contributed by atoms with Crippen molar-refractivity contribution in [1.82, 2.24) is 9.88 Å². The monoisotopic (exact) mass is 430 g/mol. The summed E-state index contributed by atoms with van der Waals surface area (Å²) < 4.78 is 46.2. The minimum atomic E-state index is -4.45. The number of fused-ring (bicyclic) bond motifs is 1. The fourth-order valence-electron chi connectivity index (χ4n) is 4.11. The number of likely N-dealkylation sites (tertiary alicyclic amines) is 1. The van der Waals surface area contributed by atoms with E-state index in [1.807, 2.05) is 25.7 Å². The molecule has 7 heteroatoms. The van der Waals surface area contributed by atoms with Crippen molar-refractivity contribution in [3.63, 3.8) is 0 Å². The van der Waals surface area contributed by atoms with Crippen LogP contribution in [0.25, 0.3) is 22.2 Å². The molecule has 0 unspecified atom stereocenters. The van der Waals surface area contributed by atoms with Gasteiger partial charge in [-0.05, 0) is 47.6 Å². The molecule has 1 fully saturated rings. The van der Waals surface area contributed by atoms with Gasteiger partial charge in [-0.15, -0.1) is 0 Å². The molecule has 0 N–H and O–H groups in total. The van der Waals surface area contributed by atoms with Crippen LogP contribution in [0.3, 0.4) is 0 Å². The van der Waals surface area contributed by atoms with Gasteiger partial charge in [0.2, 0.25) is 11.8 Å². The second-order valence-electron chi connectivity index (χ2n) is 9.26. The second kappa shape index (κ2) is 7.70. The molecule has 1 aromatic heterocycles. The fourth-order valence-corrected chi connectivity index (χ4v) is 4.11. The summed E-state index contributed by atoms with van der Waals surface area (Å²) in [5.74, 6) is 0.507. The molecule has 164 valence electrons. The van der Waals surface area contributed by atoms with Crippen molar-refractivity contribution in [1.29, 1.82) is 0 Å². The number of amides is 1. The number of benzene rings is 2. The van der Waals surface area contributed by atoms with Crippen LogP contribution in [-0.2, 0) is 11.0 Å². The SMILES string of the molecule is CC(C)(C)CC(=O)N1CCC[C@H]1c1nc2cc(-c3ccccc3C(F)(F)F)ccc2o1. The highest BCUT2D eigenvalue weighted by Gasteiger charge is 2.35. The molecule has 31 heavy (non-hydrogen) atoms. The minimum absolute atomic E-state index is 0.0667. The lowest BCUT2D eigenvalue weighted by atomic mass is 9.91. The highest BCUT2D eigenvalue weighted by atomic mass is 19.4. The van der Waals surface area contributed by atoms with Crippen molar-refractivity contribution in [3.05, 3.63) is 53.9 Å². The standard InChI is InChI=1S/C24H25F3N2O2/c1-23(2,3)14-21(30)29-12-6-9-19(29)22-28-18-13-15(10-11-20(18)31-22)16-7-4-5-8-17(16)24(25,26)27/h4-5,7-8,10-11,13,19H,6,9,12,14H2,1-3H3/t19-/m0/s1. The van der Waals surface area contributed by atoms with Crippen LogP contribution in [-0.4, -0.2) is 22.3 Å². The molecule has 1 saturated heterocycles. The lowest BCUT2D eigenvalue weighted by Crippen LogP contribution is -2.33. The highest BCUT2D eigenvalue weighted by Crippen LogP contribution is 2.39. The van der Waals surface area contributed by atoms with Gasteiger partial charge in [-0.25, -0.2) is 4.98 Å². The van der Waals surface area contributed by atoms with E-state index in [4.69, 9.17) is 4.42 Å². The van der Waals surface area contributed by atoms with E-state index in [9.17, 15) is 18.0 Å². The van der Waals surface area contributed by atoms with E-state index in [0.717, 1.165) is 18.9 Å². The Morgan fingerprint density at radius 3 is 2.61 bits per heavy atom. The van der Waals surface area contributed by atoms with Crippen molar-refractivity contribution < 1.29 is 22.4 Å². The zero-order valence-electron chi connectivity index (χ0n) is 17.8. The Bertz CT molecular complexity index is 1110. The third-order valence-corrected chi connectivity index (χ3v) is 5.49. The van der Waals surface area contributed by atoms with E-state index in [2.05, 4.69) is 4.98 Å². The van der Waals surface area contributed by atoms with Gasteiger partial charge < -0.3 is 9.32 Å². The second-order valence-corrected chi connectivity index (χ2v) is 9.26. The Balaban J connectivity index is 1.67. The number of aromatic nitrogens is 1. The Kier molecular flexibility index (Phi) is 5.31. The fraction of sp³-hybridized carbons (Fsp3) is 0.417. The van der Waals surface area contributed by atoms with Crippen LogP contribution >= 0.6 is 0 Å². The molecule has 0 spiro atoms. The van der Waals surface area contributed by atoms with Gasteiger partial charge in [-0.3, -0.25) is 4.79 Å². The van der Waals surface area contributed by atoms with Crippen LogP contribution in [0.5, 0.6) is 0 Å². The zero-order chi connectivity index (χ0) is 22.4. The number of hydrogen-bond acceptors (Lipinski definition) is 3. The molecule has 1 aliphatic heterocycles. The first-order valence-electron chi connectivity index (χ1n) is 10.4. The van der Waals surface area contributed by atoms with Crippen LogP contribution in [0.1, 0.15) is 57.5 Å². The first-order chi connectivity index (χ1) is 14.5. The molecule has 0 radical (unpaired) electrons. The topological polar surface area (TPSA) is 46.3 Å². The van der Waals surface area contributed by atoms with E-state index in [0.29, 0.717) is 35.5 Å². The van der Waals surface area contributed by atoms with E-state index in [1.165, 1.54) is 12.1 Å². The van der Waals surface area contributed by atoms with Crippen LogP contribution in [0.4, 0.5) is 13.2 Å². The third-order valence-electron chi connectivity index (χ3n) is 5.49. The quantitative estimate of drug-likeness (QED) is 0.469. The summed E-state index contributed by atoms with van der Waals surface area (Å²) in [5, 5.41) is 0. The summed E-state index contributed by atoms with van der Waals surface area (Å²) in [6, 6.07) is 10.1. The lowest BCUT2D eigenvalue weighted by molar-refractivity contribution is -0.137. The summed E-state index contributed by atoms with van der Waals surface area (Å²) in [6.45, 7) is 6.73. The van der Waals surface area contributed by atoms with Crippen molar-refractivity contribution in [3.8, 4) is 11.1 Å². The Morgan fingerprint density at radius 1 is 1.16 bits per heavy atom. The Labute approximate surface area is 179 Å². The summed E-state index contributed by atoms with van der Waals surface area (Å²) in [7, 11) is 0. The summed E-state index contributed by atoms with van der Waals surface area (Å²) in [5.41, 5.74) is 0.703. The molecule has 0 bridgehead atoms. The van der Waals surface area contributed by atoms with Gasteiger partial charge in [0.1, 0.15) is 11.6 Å². The maximum Gasteiger partial charge on any atom is 0.417 e. The molecule has 0 saturated carbocycles. The summed E-state index contributed by atoms with van der Waals surface area (Å²) in [4.78, 5) is 19.2. The van der Waals surface area contributed by atoms with Gasteiger partial charge in [-0.2, -0.15) is 13.2 Å². The maximum absolute atomic E-state index is 13.4. The number of rotatable bonds is 3. The number of halogens is 3. The zero-order valence-corrected chi connectivity index (χ0v) is 17.8. The molecule has 0 aliphatic carbocycles. The van der Waals surface area contributed by atoms with Crippen LogP contribution in [0.2, 0.25) is 0 Å². The van der Waals surface area contributed by atoms with Crippen molar-refractivity contribution in [2.75, 3.05) is 6.54 Å². The molecule has 1 amide bonds. The molecule has 1 aliphatic rings. The number of carbonyl (C=O) groups excluding carboxylic acids is 1. The normalized spacial score (nSPS) is 17.5. The van der Waals surface area contributed by atoms with Crippen LogP contribution in [0.15, 0.2) is 46.9 Å². The lowest BCUT2D eigenvalue weighted by Gasteiger charge is -2.26. The average Bonchev–Trinajstić information content (AvgIpc) is 3.32. The van der Waals surface area contributed by atoms with Crippen molar-refractivity contribution in [2.45, 2.75) is 52.3 Å². The summed E-state index contributed by atoms with van der Waals surface area (Å²) >= 11 is 0. The molecule has 3 aromatic rings. The van der Waals surface area contributed by atoms with Crippen molar-refractivity contribution in [2.24, 2.45) is 5.41 Å². The molecule has 4 nitrogen and oxygen atoms in total. The van der Waals surface area contributed by atoms with Gasteiger partial charge in [0.05, 0.1) is 5.56 Å². The van der Waals surface area contributed by atoms with E-state index in [1.54, 1.807) is 24.3 Å². The van der Waals surface area contributed by atoms with E-state index in [-0.39, 0.29) is 22.9 Å². The number of hydrogen-bond donors (Lipinski definition) is 0. The van der Waals surface area contributed by atoms with Gasteiger partial charge in [0.15, 0.2) is 5.58 Å². The molecular formula is C24H25F3N2O2. The molecule has 2 heterocycles. The average molecular weight is 430 g/mol. The molecule has 2 aromatic carbocycles. The van der Waals surface area contributed by atoms with Crippen LogP contribution in [0, 0.1) is 5.41 Å². The minimum Gasteiger partial charge on any atom is -0.438 e. The first-order valence-corrected chi connectivity index (χ1v) is 10.4. The predicted octanol–water partition coefficient (Wildman–Crippen LogP) is 6.61. The largest absolute Gasteiger partial charge is 0.438 e. The predicted molar refractivity (Wildman–Crippen MR) is 112 cm³/mol. The molecule has 1 atom stereocenters. The van der Waals surface area contributed by atoms with Gasteiger partial charge in [-0.1, -0.05) is 45.0 Å². The first kappa shape index (κ1) is 21.4. The maximum atomic E-state index is 13.4. The van der Waals surface area contributed by atoms with Gasteiger partial charge in [0, 0.05) is 13.0 Å². The number of oxazole rings is 1. The van der Waals surface area contributed by atoms with Gasteiger partial charge >= 0.3 is 6.18 Å². The molecular weight excluding hydrogens is 405 g/mol. The molecule has 4 rings (SSSR count). The van der Waals surface area contributed by atoms with E-state index >= 15 is 0 Å². The Hall–Kier alpha value is -2.83. The Morgan fingerprint density at radius 2 is 1.90 bits per heavy atom. The number of carbonyl (C=O) groups is 1. The van der Waals surface area contributed by atoms with Crippen LogP contribution < -0.4 is 0 Å². The van der Waals surface area contributed by atoms with Gasteiger partial charge in [0.25, 0.3) is 0 Å².